The SMILES string of the molecule is CCCCC(=O)N(CC1CCCO1)c1nc2ccc(CC)cc2s1. The third-order valence-corrected chi connectivity index (χ3v) is 5.58. The number of carbonyl (C=O) groups is 1. The molecule has 1 saturated heterocycles. The summed E-state index contributed by atoms with van der Waals surface area (Å²) < 4.78 is 6.91. The van der Waals surface area contributed by atoms with E-state index in [4.69, 9.17) is 9.72 Å². The molecule has 24 heavy (non-hydrogen) atoms. The van der Waals surface area contributed by atoms with Crippen molar-refractivity contribution in [2.24, 2.45) is 0 Å². The summed E-state index contributed by atoms with van der Waals surface area (Å²) in [5.74, 6) is 0.169. The Labute approximate surface area is 147 Å². The smallest absolute Gasteiger partial charge is 0.228 e. The van der Waals surface area contributed by atoms with E-state index in [1.807, 2.05) is 4.90 Å². The van der Waals surface area contributed by atoms with Crippen molar-refractivity contribution in [1.29, 1.82) is 0 Å². The number of anilines is 1. The number of thiazole rings is 1. The van der Waals surface area contributed by atoms with E-state index >= 15 is 0 Å². The number of fused-ring (bicyclic) bond motifs is 1. The zero-order chi connectivity index (χ0) is 16.9. The summed E-state index contributed by atoms with van der Waals surface area (Å²) in [6, 6.07) is 6.38. The number of unbranched alkanes of at least 4 members (excludes halogenated alkanes) is 1. The Kier molecular flexibility index (Phi) is 5.85. The van der Waals surface area contributed by atoms with Crippen LogP contribution < -0.4 is 4.90 Å². The zero-order valence-electron chi connectivity index (χ0n) is 14.6. The van der Waals surface area contributed by atoms with Crippen LogP contribution in [0, 0.1) is 0 Å². The van der Waals surface area contributed by atoms with Gasteiger partial charge in [0.05, 0.1) is 22.9 Å². The lowest BCUT2D eigenvalue weighted by molar-refractivity contribution is -0.119. The number of aryl methyl sites for hydroxylation is 1. The molecule has 5 heteroatoms. The summed E-state index contributed by atoms with van der Waals surface area (Å²) in [6.45, 7) is 5.70. The van der Waals surface area contributed by atoms with E-state index in [-0.39, 0.29) is 12.0 Å². The van der Waals surface area contributed by atoms with Crippen molar-refractivity contribution in [2.45, 2.75) is 58.5 Å². The quantitative estimate of drug-likeness (QED) is 0.738. The third kappa shape index (κ3) is 3.95. The molecule has 1 aromatic heterocycles. The minimum absolute atomic E-state index is 0.147. The van der Waals surface area contributed by atoms with Crippen LogP contribution in [-0.2, 0) is 16.0 Å². The van der Waals surface area contributed by atoms with Crippen molar-refractivity contribution >= 4 is 32.6 Å². The minimum Gasteiger partial charge on any atom is -0.376 e. The normalized spacial score (nSPS) is 17.5. The summed E-state index contributed by atoms with van der Waals surface area (Å²) in [5.41, 5.74) is 2.29. The fraction of sp³-hybridized carbons (Fsp3) is 0.579. The second kappa shape index (κ2) is 8.08. The highest BCUT2D eigenvalue weighted by Crippen LogP contribution is 2.31. The van der Waals surface area contributed by atoms with Gasteiger partial charge in [-0.05, 0) is 43.4 Å². The van der Waals surface area contributed by atoms with Crippen LogP contribution in [0.2, 0.25) is 0 Å². The maximum absolute atomic E-state index is 12.7. The first-order valence-corrected chi connectivity index (χ1v) is 9.84. The molecule has 4 nitrogen and oxygen atoms in total. The van der Waals surface area contributed by atoms with Crippen LogP contribution in [0.5, 0.6) is 0 Å². The van der Waals surface area contributed by atoms with Gasteiger partial charge in [0.25, 0.3) is 0 Å². The van der Waals surface area contributed by atoms with Gasteiger partial charge in [0.2, 0.25) is 5.91 Å². The topological polar surface area (TPSA) is 42.4 Å². The average molecular weight is 346 g/mol. The predicted octanol–water partition coefficient (Wildman–Crippen LogP) is 4.56. The molecule has 0 bridgehead atoms. The summed E-state index contributed by atoms with van der Waals surface area (Å²) >= 11 is 1.62. The van der Waals surface area contributed by atoms with Crippen LogP contribution >= 0.6 is 11.3 Å². The lowest BCUT2D eigenvalue weighted by Crippen LogP contribution is -2.37. The van der Waals surface area contributed by atoms with Gasteiger partial charge < -0.3 is 4.74 Å². The van der Waals surface area contributed by atoms with Crippen molar-refractivity contribution in [3.8, 4) is 0 Å². The summed E-state index contributed by atoms with van der Waals surface area (Å²) in [7, 11) is 0. The predicted molar refractivity (Wildman–Crippen MR) is 99.9 cm³/mol. The van der Waals surface area contributed by atoms with E-state index in [2.05, 4.69) is 32.0 Å². The molecule has 1 fully saturated rings. The van der Waals surface area contributed by atoms with Crippen molar-refractivity contribution in [3.63, 3.8) is 0 Å². The zero-order valence-corrected chi connectivity index (χ0v) is 15.4. The number of hydrogen-bond donors (Lipinski definition) is 0. The number of benzene rings is 1. The number of aromatic nitrogens is 1. The molecule has 0 radical (unpaired) electrons. The molecule has 0 saturated carbocycles. The van der Waals surface area contributed by atoms with E-state index in [1.165, 1.54) is 5.56 Å². The van der Waals surface area contributed by atoms with Gasteiger partial charge in [-0.1, -0.05) is 37.7 Å². The van der Waals surface area contributed by atoms with Gasteiger partial charge in [0, 0.05) is 13.0 Å². The monoisotopic (exact) mass is 346 g/mol. The number of ether oxygens (including phenoxy) is 1. The molecule has 1 atom stereocenters. The molecule has 1 aliphatic rings. The summed E-state index contributed by atoms with van der Waals surface area (Å²) in [5, 5.41) is 0.815. The van der Waals surface area contributed by atoms with Crippen molar-refractivity contribution in [1.82, 2.24) is 4.98 Å². The molecule has 2 heterocycles. The Morgan fingerprint density at radius 1 is 1.42 bits per heavy atom. The summed E-state index contributed by atoms with van der Waals surface area (Å²) in [4.78, 5) is 19.3. The van der Waals surface area contributed by atoms with Gasteiger partial charge in [-0.25, -0.2) is 4.98 Å². The number of amides is 1. The van der Waals surface area contributed by atoms with Gasteiger partial charge in [-0.3, -0.25) is 9.69 Å². The van der Waals surface area contributed by atoms with Crippen molar-refractivity contribution in [3.05, 3.63) is 23.8 Å². The van der Waals surface area contributed by atoms with Gasteiger partial charge in [-0.15, -0.1) is 0 Å². The van der Waals surface area contributed by atoms with Crippen molar-refractivity contribution < 1.29 is 9.53 Å². The molecule has 0 spiro atoms. The van der Waals surface area contributed by atoms with E-state index in [0.717, 1.165) is 54.1 Å². The Hall–Kier alpha value is -1.46. The first kappa shape index (κ1) is 17.4. The lowest BCUT2D eigenvalue weighted by atomic mass is 10.2. The molecule has 3 rings (SSSR count). The van der Waals surface area contributed by atoms with Gasteiger partial charge in [-0.2, -0.15) is 0 Å². The fourth-order valence-electron chi connectivity index (χ4n) is 3.03. The Bertz CT molecular complexity index is 692. The molecule has 1 aliphatic heterocycles. The van der Waals surface area contributed by atoms with Gasteiger partial charge in [0.1, 0.15) is 0 Å². The minimum atomic E-state index is 0.147. The second-order valence-electron chi connectivity index (χ2n) is 6.39. The van der Waals surface area contributed by atoms with E-state index in [9.17, 15) is 4.79 Å². The molecular formula is C19H26N2O2S. The highest BCUT2D eigenvalue weighted by Gasteiger charge is 2.25. The van der Waals surface area contributed by atoms with Gasteiger partial charge in [0.15, 0.2) is 5.13 Å². The van der Waals surface area contributed by atoms with E-state index < -0.39 is 0 Å². The number of carbonyl (C=O) groups excluding carboxylic acids is 1. The molecule has 1 unspecified atom stereocenters. The van der Waals surface area contributed by atoms with Crippen LogP contribution in [-0.4, -0.2) is 30.1 Å². The van der Waals surface area contributed by atoms with Crippen LogP contribution in [0.25, 0.3) is 10.2 Å². The van der Waals surface area contributed by atoms with Crippen LogP contribution in [0.4, 0.5) is 5.13 Å². The maximum atomic E-state index is 12.7. The molecule has 1 amide bonds. The molecule has 1 aromatic carbocycles. The second-order valence-corrected chi connectivity index (χ2v) is 7.40. The Morgan fingerprint density at radius 2 is 2.29 bits per heavy atom. The van der Waals surface area contributed by atoms with Crippen LogP contribution in [0.15, 0.2) is 18.2 Å². The standard InChI is InChI=1S/C19H26N2O2S/c1-3-5-8-18(22)21(13-15-7-6-11-23-15)19-20-16-10-9-14(4-2)12-17(16)24-19/h9-10,12,15H,3-8,11,13H2,1-2H3. The first-order chi connectivity index (χ1) is 11.7. The molecule has 0 N–H and O–H groups in total. The summed E-state index contributed by atoms with van der Waals surface area (Å²) in [6.07, 6.45) is 5.81. The third-order valence-electron chi connectivity index (χ3n) is 4.54. The molecular weight excluding hydrogens is 320 g/mol. The first-order valence-electron chi connectivity index (χ1n) is 9.02. The van der Waals surface area contributed by atoms with E-state index in [1.54, 1.807) is 11.3 Å². The Balaban J connectivity index is 1.86. The lowest BCUT2D eigenvalue weighted by Gasteiger charge is -2.23. The van der Waals surface area contributed by atoms with Crippen molar-refractivity contribution in [2.75, 3.05) is 18.1 Å². The van der Waals surface area contributed by atoms with Crippen LogP contribution in [0.3, 0.4) is 0 Å². The number of nitrogens with zero attached hydrogens (tertiary/aromatic N) is 2. The van der Waals surface area contributed by atoms with Crippen LogP contribution in [0.1, 0.15) is 51.5 Å². The highest BCUT2D eigenvalue weighted by molar-refractivity contribution is 7.22. The highest BCUT2D eigenvalue weighted by atomic mass is 32.1. The average Bonchev–Trinajstić information content (AvgIpc) is 3.25. The maximum Gasteiger partial charge on any atom is 0.228 e. The van der Waals surface area contributed by atoms with Gasteiger partial charge >= 0.3 is 0 Å². The number of hydrogen-bond acceptors (Lipinski definition) is 4. The fourth-order valence-corrected chi connectivity index (χ4v) is 4.09. The largest absolute Gasteiger partial charge is 0.376 e. The number of rotatable bonds is 7. The molecule has 2 aromatic rings. The van der Waals surface area contributed by atoms with E-state index in [0.29, 0.717) is 13.0 Å². The Morgan fingerprint density at radius 3 is 3.00 bits per heavy atom. The molecule has 0 aliphatic carbocycles. The molecule has 130 valence electrons.